The van der Waals surface area contributed by atoms with Gasteiger partial charge in [-0.25, -0.2) is 9.98 Å². The van der Waals surface area contributed by atoms with Crippen molar-refractivity contribution < 1.29 is 19.0 Å². The molecule has 2 heterocycles. The largest absolute Gasteiger partial charge is 0.493 e. The molecule has 0 spiro atoms. The third kappa shape index (κ3) is 5.37. The van der Waals surface area contributed by atoms with Crippen molar-refractivity contribution in [3.05, 3.63) is 66.5 Å². The number of hydrogen-bond acceptors (Lipinski definition) is 8. The highest BCUT2D eigenvalue weighted by molar-refractivity contribution is 8.14. The van der Waals surface area contributed by atoms with Crippen LogP contribution in [0, 0.1) is 0 Å². The number of benzene rings is 2. The molecule has 0 radical (unpaired) electrons. The van der Waals surface area contributed by atoms with Gasteiger partial charge in [-0.2, -0.15) is 0 Å². The van der Waals surface area contributed by atoms with Crippen molar-refractivity contribution in [2.75, 3.05) is 32.4 Å². The van der Waals surface area contributed by atoms with Crippen LogP contribution in [0.4, 0.5) is 17.1 Å². The molecule has 2 aromatic carbocycles. The van der Waals surface area contributed by atoms with Gasteiger partial charge in [0.2, 0.25) is 11.7 Å². The van der Waals surface area contributed by atoms with E-state index in [1.54, 1.807) is 18.3 Å². The highest BCUT2D eigenvalue weighted by Gasteiger charge is 2.18. The Morgan fingerprint density at radius 3 is 2.24 bits per heavy atom. The van der Waals surface area contributed by atoms with Crippen molar-refractivity contribution in [3.8, 4) is 17.2 Å². The Labute approximate surface area is 202 Å². The normalized spacial score (nSPS) is 12.6. The molecule has 0 unspecified atom stereocenters. The molecule has 1 aromatic heterocycles. The first-order chi connectivity index (χ1) is 16.6. The number of nitrogens with one attached hydrogen (secondary N) is 1. The molecule has 1 aliphatic rings. The fourth-order valence-electron chi connectivity index (χ4n) is 3.42. The molecule has 1 N–H and O–H groups in total. The average Bonchev–Trinajstić information content (AvgIpc) is 3.06. The van der Waals surface area contributed by atoms with E-state index in [-0.39, 0.29) is 11.7 Å². The monoisotopic (exact) mass is 476 g/mol. The molecule has 0 bridgehead atoms. The Balaban J connectivity index is 1.50. The maximum Gasteiger partial charge on any atom is 0.234 e. The molecule has 174 valence electrons. The lowest BCUT2D eigenvalue weighted by molar-refractivity contribution is -0.113. The van der Waals surface area contributed by atoms with E-state index in [1.807, 2.05) is 42.5 Å². The number of ether oxygens (including phenoxy) is 3. The second-order valence-corrected chi connectivity index (χ2v) is 8.24. The lowest BCUT2D eigenvalue weighted by atomic mass is 10.2. The Morgan fingerprint density at radius 1 is 0.941 bits per heavy atom. The van der Waals surface area contributed by atoms with E-state index in [9.17, 15) is 4.79 Å². The number of carbonyl (C=O) groups is 1. The molecule has 0 saturated carbocycles. The van der Waals surface area contributed by atoms with Gasteiger partial charge < -0.3 is 19.5 Å². The minimum absolute atomic E-state index is 0.174. The van der Waals surface area contributed by atoms with Crippen LogP contribution in [0.1, 0.15) is 12.1 Å². The third-order valence-electron chi connectivity index (χ3n) is 4.98. The molecule has 4 rings (SSSR count). The van der Waals surface area contributed by atoms with E-state index < -0.39 is 0 Å². The predicted octanol–water partition coefficient (Wildman–Crippen LogP) is 5.03. The quantitative estimate of drug-likeness (QED) is 0.514. The minimum Gasteiger partial charge on any atom is -0.493 e. The number of anilines is 1. The Morgan fingerprint density at radius 2 is 1.62 bits per heavy atom. The summed E-state index contributed by atoms with van der Waals surface area (Å²) in [6.45, 7) is 0. The highest BCUT2D eigenvalue weighted by Crippen LogP contribution is 2.40. The maximum atomic E-state index is 12.7. The molecular weight excluding hydrogens is 452 g/mol. The van der Waals surface area contributed by atoms with Gasteiger partial charge in [0.15, 0.2) is 11.5 Å². The van der Waals surface area contributed by atoms with Gasteiger partial charge in [-0.1, -0.05) is 18.2 Å². The van der Waals surface area contributed by atoms with E-state index in [0.717, 1.165) is 27.8 Å². The number of nitrogens with zero attached hydrogens (tertiary/aromatic N) is 3. The van der Waals surface area contributed by atoms with Crippen molar-refractivity contribution in [2.45, 2.75) is 6.42 Å². The lowest BCUT2D eigenvalue weighted by Gasteiger charge is -2.14. The van der Waals surface area contributed by atoms with E-state index in [1.165, 1.54) is 33.1 Å². The minimum atomic E-state index is -0.184. The Kier molecular flexibility index (Phi) is 7.44. The molecular formula is C25H24N4O4S. The second-order valence-electron chi connectivity index (χ2n) is 7.20. The summed E-state index contributed by atoms with van der Waals surface area (Å²) < 4.78 is 16.0. The summed E-state index contributed by atoms with van der Waals surface area (Å²) in [5.41, 5.74) is 3.68. The number of aromatic nitrogens is 1. The van der Waals surface area contributed by atoms with Gasteiger partial charge in [-0.05, 0) is 24.3 Å². The fourth-order valence-corrected chi connectivity index (χ4v) is 4.19. The molecule has 1 aliphatic heterocycles. The first-order valence-corrected chi connectivity index (χ1v) is 11.5. The number of thioether (sulfide) groups is 1. The zero-order valence-corrected chi connectivity index (χ0v) is 19.9. The number of fused-ring (bicyclic) bond motifs is 1. The van der Waals surface area contributed by atoms with Crippen molar-refractivity contribution in [1.82, 2.24) is 4.98 Å². The van der Waals surface area contributed by atoms with Gasteiger partial charge in [0.25, 0.3) is 0 Å². The van der Waals surface area contributed by atoms with Gasteiger partial charge in [0.05, 0.1) is 54.9 Å². The summed E-state index contributed by atoms with van der Waals surface area (Å²) in [7, 11) is 4.59. The number of rotatable bonds is 7. The summed E-state index contributed by atoms with van der Waals surface area (Å²) in [4.78, 5) is 26.8. The van der Waals surface area contributed by atoms with Crippen LogP contribution in [-0.2, 0) is 4.79 Å². The first kappa shape index (κ1) is 23.3. The van der Waals surface area contributed by atoms with E-state index in [2.05, 4.69) is 10.3 Å². The molecule has 0 aliphatic carbocycles. The van der Waals surface area contributed by atoms with Gasteiger partial charge in [-0.15, -0.1) is 11.8 Å². The van der Waals surface area contributed by atoms with Gasteiger partial charge in [0.1, 0.15) is 0 Å². The van der Waals surface area contributed by atoms with E-state index in [0.29, 0.717) is 29.4 Å². The topological polar surface area (TPSA) is 94.4 Å². The molecule has 0 saturated heterocycles. The molecule has 34 heavy (non-hydrogen) atoms. The summed E-state index contributed by atoms with van der Waals surface area (Å²) in [5.74, 6) is 1.38. The van der Waals surface area contributed by atoms with Crippen LogP contribution < -0.4 is 19.5 Å². The van der Waals surface area contributed by atoms with Crippen LogP contribution >= 0.6 is 11.8 Å². The van der Waals surface area contributed by atoms with E-state index >= 15 is 0 Å². The number of aliphatic imine (C=N–C) groups is 2. The Bertz CT molecular complexity index is 1220. The molecule has 0 atom stereocenters. The van der Waals surface area contributed by atoms with Crippen LogP contribution in [0.5, 0.6) is 17.2 Å². The van der Waals surface area contributed by atoms with Crippen LogP contribution in [0.25, 0.3) is 0 Å². The zero-order valence-electron chi connectivity index (χ0n) is 19.1. The zero-order chi connectivity index (χ0) is 23.9. The number of carbonyl (C=O) groups excluding carboxylic acids is 1. The summed E-state index contributed by atoms with van der Waals surface area (Å²) in [5, 5.41) is 3.67. The molecule has 9 heteroatoms. The van der Waals surface area contributed by atoms with Crippen LogP contribution in [0.3, 0.4) is 0 Å². The van der Waals surface area contributed by atoms with Gasteiger partial charge in [0, 0.05) is 30.4 Å². The number of amides is 1. The van der Waals surface area contributed by atoms with Crippen LogP contribution in [0.2, 0.25) is 0 Å². The molecule has 1 amide bonds. The number of hydrogen-bond donors (Lipinski definition) is 1. The summed E-state index contributed by atoms with van der Waals surface area (Å²) >= 11 is 1.37. The van der Waals surface area contributed by atoms with Crippen LogP contribution in [0.15, 0.2) is 70.8 Å². The Hall–Kier alpha value is -3.85. The summed E-state index contributed by atoms with van der Waals surface area (Å²) in [6.07, 6.45) is 2.22. The summed E-state index contributed by atoms with van der Waals surface area (Å²) in [6, 6.07) is 16.8. The predicted molar refractivity (Wildman–Crippen MR) is 136 cm³/mol. The number of pyridine rings is 1. The third-order valence-corrected chi connectivity index (χ3v) is 5.96. The average molecular weight is 477 g/mol. The molecule has 8 nitrogen and oxygen atoms in total. The van der Waals surface area contributed by atoms with Crippen molar-refractivity contribution >= 4 is 45.5 Å². The van der Waals surface area contributed by atoms with Gasteiger partial charge >= 0.3 is 0 Å². The maximum absolute atomic E-state index is 12.7. The SMILES string of the molecule is COc1cc(NC(=O)CSC2=Nc3ccccc3N=C(c3ccccn3)C2)cc(OC)c1OC. The fraction of sp³-hybridized carbons (Fsp3) is 0.200. The van der Waals surface area contributed by atoms with Crippen molar-refractivity contribution in [1.29, 1.82) is 0 Å². The smallest absolute Gasteiger partial charge is 0.234 e. The molecule has 3 aromatic rings. The standard InChI is InChI=1S/C25H24N4O4S/c1-31-21-12-16(13-22(32-2)25(21)33-3)27-23(30)15-34-24-14-20(17-8-6-7-11-26-17)28-18-9-4-5-10-19(18)29-24/h4-13H,14-15H2,1-3H3,(H,27,30). The van der Waals surface area contributed by atoms with E-state index in [4.69, 9.17) is 24.2 Å². The second kappa shape index (κ2) is 10.8. The number of para-hydroxylation sites is 2. The lowest BCUT2D eigenvalue weighted by Crippen LogP contribution is -2.16. The number of methoxy groups -OCH3 is 3. The first-order valence-electron chi connectivity index (χ1n) is 10.5. The highest BCUT2D eigenvalue weighted by atomic mass is 32.2. The molecule has 0 fully saturated rings. The van der Waals surface area contributed by atoms with Crippen molar-refractivity contribution in [3.63, 3.8) is 0 Å². The van der Waals surface area contributed by atoms with Gasteiger partial charge in [-0.3, -0.25) is 9.78 Å². The van der Waals surface area contributed by atoms with Crippen LogP contribution in [-0.4, -0.2) is 48.7 Å². The van der Waals surface area contributed by atoms with Crippen molar-refractivity contribution in [2.24, 2.45) is 9.98 Å².